The van der Waals surface area contributed by atoms with Crippen LogP contribution < -0.4 is 5.32 Å². The molecule has 3 rings (SSSR count). The summed E-state index contributed by atoms with van der Waals surface area (Å²) in [4.78, 5) is 22.0. The fraction of sp³-hybridized carbons (Fsp3) is 0.0625. The fourth-order valence-electron chi connectivity index (χ4n) is 1.98. The Labute approximate surface area is 151 Å². The van der Waals surface area contributed by atoms with Crippen LogP contribution in [-0.2, 0) is 4.79 Å². The van der Waals surface area contributed by atoms with Crippen molar-refractivity contribution in [3.05, 3.63) is 58.6 Å². The molecule has 1 heterocycles. The van der Waals surface area contributed by atoms with Crippen LogP contribution in [0.4, 0.5) is 11.4 Å². The van der Waals surface area contributed by atoms with Gasteiger partial charge in [0.2, 0.25) is 11.8 Å². The Morgan fingerprint density at radius 1 is 1.15 bits per heavy atom. The van der Waals surface area contributed by atoms with Crippen molar-refractivity contribution >= 4 is 29.0 Å². The second-order valence-corrected chi connectivity index (χ2v) is 5.99. The van der Waals surface area contributed by atoms with Crippen LogP contribution in [0.2, 0.25) is 0 Å². The maximum absolute atomic E-state index is 11.9. The van der Waals surface area contributed by atoms with Gasteiger partial charge in [-0.2, -0.15) is 0 Å². The molecule has 0 aliphatic carbocycles. The van der Waals surface area contributed by atoms with Crippen LogP contribution in [0.1, 0.15) is 0 Å². The van der Waals surface area contributed by atoms with E-state index in [9.17, 15) is 20.0 Å². The molecule has 0 saturated carbocycles. The molecule has 2 aromatic carbocycles. The highest BCUT2D eigenvalue weighted by molar-refractivity contribution is 7.99. The minimum Gasteiger partial charge on any atom is -0.508 e. The van der Waals surface area contributed by atoms with Crippen molar-refractivity contribution in [1.29, 1.82) is 0 Å². The first-order chi connectivity index (χ1) is 12.5. The molecule has 132 valence electrons. The van der Waals surface area contributed by atoms with Gasteiger partial charge in [-0.3, -0.25) is 14.9 Å². The van der Waals surface area contributed by atoms with E-state index >= 15 is 0 Å². The molecule has 3 aromatic rings. The molecule has 0 radical (unpaired) electrons. The number of non-ortho nitro benzene ring substituents is 1. The summed E-state index contributed by atoms with van der Waals surface area (Å²) in [6.07, 6.45) is 0. The van der Waals surface area contributed by atoms with Crippen molar-refractivity contribution in [2.45, 2.75) is 5.22 Å². The molecule has 26 heavy (non-hydrogen) atoms. The van der Waals surface area contributed by atoms with Crippen molar-refractivity contribution in [3.63, 3.8) is 0 Å². The van der Waals surface area contributed by atoms with Crippen LogP contribution >= 0.6 is 11.8 Å². The third-order valence-corrected chi connectivity index (χ3v) is 4.03. The highest BCUT2D eigenvalue weighted by Gasteiger charge is 2.12. The molecule has 0 spiro atoms. The smallest absolute Gasteiger partial charge is 0.277 e. The van der Waals surface area contributed by atoms with E-state index in [1.165, 1.54) is 36.4 Å². The van der Waals surface area contributed by atoms with E-state index in [1.807, 2.05) is 0 Å². The predicted octanol–water partition coefficient (Wildman–Crippen LogP) is 3.08. The summed E-state index contributed by atoms with van der Waals surface area (Å²) < 4.78 is 5.46. The van der Waals surface area contributed by atoms with Gasteiger partial charge in [-0.15, -0.1) is 10.2 Å². The number of hydrogen-bond donors (Lipinski definition) is 2. The van der Waals surface area contributed by atoms with Gasteiger partial charge in [-0.1, -0.05) is 11.8 Å². The van der Waals surface area contributed by atoms with Crippen molar-refractivity contribution in [1.82, 2.24) is 10.2 Å². The lowest BCUT2D eigenvalue weighted by Crippen LogP contribution is -2.13. The van der Waals surface area contributed by atoms with Crippen LogP contribution in [0.25, 0.3) is 11.5 Å². The van der Waals surface area contributed by atoms with Crippen molar-refractivity contribution in [2.75, 3.05) is 11.1 Å². The molecule has 0 aliphatic rings. The average Bonchev–Trinajstić information content (AvgIpc) is 3.10. The zero-order valence-corrected chi connectivity index (χ0v) is 14.0. The molecule has 0 unspecified atom stereocenters. The molecule has 0 bridgehead atoms. The number of nitrogens with one attached hydrogen (secondary N) is 1. The number of hydrogen-bond acceptors (Lipinski definition) is 8. The number of benzene rings is 2. The zero-order valence-electron chi connectivity index (χ0n) is 13.2. The van der Waals surface area contributed by atoms with Gasteiger partial charge in [0.05, 0.1) is 10.7 Å². The van der Waals surface area contributed by atoms with Crippen molar-refractivity contribution in [2.24, 2.45) is 0 Å². The Balaban J connectivity index is 1.54. The summed E-state index contributed by atoms with van der Waals surface area (Å²) in [5.41, 5.74) is 1.05. The number of nitrogens with zero attached hydrogens (tertiary/aromatic N) is 3. The first kappa shape index (κ1) is 17.4. The van der Waals surface area contributed by atoms with E-state index in [1.54, 1.807) is 12.1 Å². The highest BCUT2D eigenvalue weighted by atomic mass is 32.2. The Kier molecular flexibility index (Phi) is 5.13. The summed E-state index contributed by atoms with van der Waals surface area (Å²) in [6.45, 7) is 0. The molecule has 1 amide bonds. The molecular formula is C16H12N4O5S. The third-order valence-electron chi connectivity index (χ3n) is 3.21. The number of nitro benzene ring substituents is 1. The van der Waals surface area contributed by atoms with Gasteiger partial charge >= 0.3 is 0 Å². The normalized spacial score (nSPS) is 10.5. The number of thioether (sulfide) groups is 1. The minimum absolute atomic E-state index is 0.0359. The second-order valence-electron chi connectivity index (χ2n) is 5.06. The molecular weight excluding hydrogens is 360 g/mol. The number of aromatic hydroxyl groups is 1. The van der Waals surface area contributed by atoms with Crippen LogP contribution in [0, 0.1) is 10.1 Å². The summed E-state index contributed by atoms with van der Waals surface area (Å²) in [7, 11) is 0. The van der Waals surface area contributed by atoms with Crippen LogP contribution in [0.5, 0.6) is 5.75 Å². The maximum atomic E-state index is 11.9. The number of anilines is 1. The predicted molar refractivity (Wildman–Crippen MR) is 93.8 cm³/mol. The molecule has 0 aliphatic heterocycles. The van der Waals surface area contributed by atoms with Gasteiger partial charge in [0.15, 0.2) is 0 Å². The monoisotopic (exact) mass is 372 g/mol. The van der Waals surface area contributed by atoms with Gasteiger partial charge in [0, 0.05) is 23.4 Å². The number of amides is 1. The highest BCUT2D eigenvalue weighted by Crippen LogP contribution is 2.24. The van der Waals surface area contributed by atoms with Crippen LogP contribution in [0.3, 0.4) is 0 Å². The largest absolute Gasteiger partial charge is 0.508 e. The van der Waals surface area contributed by atoms with E-state index in [2.05, 4.69) is 15.5 Å². The minimum atomic E-state index is -0.511. The molecule has 2 N–H and O–H groups in total. The number of phenolic OH excluding ortho intramolecular Hbond substituents is 1. The Morgan fingerprint density at radius 2 is 1.85 bits per heavy atom. The zero-order chi connectivity index (χ0) is 18.5. The molecule has 0 saturated heterocycles. The summed E-state index contributed by atoms with van der Waals surface area (Å²) in [6, 6.07) is 11.8. The van der Waals surface area contributed by atoms with Gasteiger partial charge < -0.3 is 14.8 Å². The molecule has 0 fully saturated rings. The SMILES string of the molecule is O=C(CSc1nnc(-c2ccc(O)cc2)o1)Nc1ccc([N+](=O)[O-])cc1. The Bertz CT molecular complexity index is 925. The first-order valence-corrected chi connectivity index (χ1v) is 8.30. The summed E-state index contributed by atoms with van der Waals surface area (Å²) in [5.74, 6) is 0.135. The Morgan fingerprint density at radius 3 is 2.50 bits per heavy atom. The average molecular weight is 372 g/mol. The molecule has 0 atom stereocenters. The number of carbonyl (C=O) groups excluding carboxylic acids is 1. The number of phenols is 1. The quantitative estimate of drug-likeness (QED) is 0.383. The second kappa shape index (κ2) is 7.66. The van der Waals surface area contributed by atoms with E-state index in [0.717, 1.165) is 11.8 Å². The lowest BCUT2D eigenvalue weighted by molar-refractivity contribution is -0.384. The van der Waals surface area contributed by atoms with Gasteiger partial charge in [0.25, 0.3) is 10.9 Å². The third kappa shape index (κ3) is 4.36. The first-order valence-electron chi connectivity index (χ1n) is 7.31. The summed E-state index contributed by atoms with van der Waals surface area (Å²) in [5, 5.41) is 30.5. The standard InChI is InChI=1S/C16H12N4O5S/c21-13-7-1-10(2-8-13)15-18-19-16(25-15)26-9-14(22)17-11-3-5-12(6-4-11)20(23)24/h1-8,21H,9H2,(H,17,22). The van der Waals surface area contributed by atoms with Gasteiger partial charge in [-0.25, -0.2) is 0 Å². The van der Waals surface area contributed by atoms with E-state index in [4.69, 9.17) is 4.42 Å². The van der Waals surface area contributed by atoms with Crippen molar-refractivity contribution in [3.8, 4) is 17.2 Å². The fourth-order valence-corrected chi connectivity index (χ4v) is 2.54. The Hall–Kier alpha value is -3.40. The summed E-state index contributed by atoms with van der Waals surface area (Å²) >= 11 is 1.06. The van der Waals surface area contributed by atoms with E-state index < -0.39 is 4.92 Å². The van der Waals surface area contributed by atoms with Crippen molar-refractivity contribution < 1.29 is 19.2 Å². The topological polar surface area (TPSA) is 131 Å². The van der Waals surface area contributed by atoms with Gasteiger partial charge in [-0.05, 0) is 36.4 Å². The van der Waals surface area contributed by atoms with Gasteiger partial charge in [0.1, 0.15) is 5.75 Å². The molecule has 1 aromatic heterocycles. The van der Waals surface area contributed by atoms with Crippen LogP contribution in [0.15, 0.2) is 58.2 Å². The number of nitro groups is 1. The lowest BCUT2D eigenvalue weighted by Gasteiger charge is -2.03. The number of carbonyl (C=O) groups is 1. The van der Waals surface area contributed by atoms with Crippen LogP contribution in [-0.4, -0.2) is 31.9 Å². The van der Waals surface area contributed by atoms with E-state index in [0.29, 0.717) is 11.3 Å². The molecule has 9 nitrogen and oxygen atoms in total. The van der Waals surface area contributed by atoms with E-state index in [-0.39, 0.29) is 34.2 Å². The number of aromatic nitrogens is 2. The number of rotatable bonds is 6. The lowest BCUT2D eigenvalue weighted by atomic mass is 10.2. The molecule has 10 heteroatoms. The maximum Gasteiger partial charge on any atom is 0.277 e.